The Labute approximate surface area is 136 Å². The molecule has 1 fully saturated rings. The topological polar surface area (TPSA) is 37.2 Å². The fraction of sp³-hybridized carbons (Fsp3) is 0.625. The van der Waals surface area contributed by atoms with E-state index in [1.54, 1.807) is 0 Å². The summed E-state index contributed by atoms with van der Waals surface area (Å²) in [6.07, 6.45) is 2.42. The molecule has 1 atom stereocenters. The Morgan fingerprint density at radius 3 is 2.95 bits per heavy atom. The van der Waals surface area contributed by atoms with Crippen LogP contribution in [0, 0.1) is 6.92 Å². The van der Waals surface area contributed by atoms with E-state index in [0.717, 1.165) is 18.2 Å². The summed E-state index contributed by atoms with van der Waals surface area (Å²) in [5.41, 5.74) is 0. The Morgan fingerprint density at radius 1 is 1.41 bits per heavy atom. The molecule has 22 heavy (non-hydrogen) atoms. The summed E-state index contributed by atoms with van der Waals surface area (Å²) in [7, 11) is 4.25. The fourth-order valence-corrected chi connectivity index (χ4v) is 3.74. The molecule has 0 radical (unpaired) electrons. The first-order valence-corrected chi connectivity index (χ1v) is 8.81. The summed E-state index contributed by atoms with van der Waals surface area (Å²) in [5.74, 6) is 2.03. The number of likely N-dealkylation sites (tertiary alicyclic amines) is 1. The largest absolute Gasteiger partial charge is 0.317 e. The van der Waals surface area contributed by atoms with E-state index in [1.807, 2.05) is 25.3 Å². The van der Waals surface area contributed by atoms with Crippen molar-refractivity contribution < 1.29 is 0 Å². The minimum Gasteiger partial charge on any atom is -0.317 e. The van der Waals surface area contributed by atoms with Crippen LogP contribution < -0.4 is 0 Å². The predicted octanol–water partition coefficient (Wildman–Crippen LogP) is 1.93. The first-order chi connectivity index (χ1) is 10.6. The van der Waals surface area contributed by atoms with E-state index >= 15 is 0 Å². The van der Waals surface area contributed by atoms with Crippen molar-refractivity contribution in [3.05, 3.63) is 34.0 Å². The van der Waals surface area contributed by atoms with Crippen molar-refractivity contribution in [2.75, 3.05) is 26.7 Å². The van der Waals surface area contributed by atoms with Crippen LogP contribution in [0.5, 0.6) is 0 Å². The van der Waals surface area contributed by atoms with Gasteiger partial charge in [0.25, 0.3) is 0 Å². The molecule has 0 amide bonds. The van der Waals surface area contributed by atoms with Gasteiger partial charge in [-0.3, -0.25) is 4.90 Å². The van der Waals surface area contributed by atoms with E-state index in [4.69, 9.17) is 0 Å². The van der Waals surface area contributed by atoms with Gasteiger partial charge >= 0.3 is 0 Å². The minimum atomic E-state index is 0.625. The second-order valence-electron chi connectivity index (χ2n) is 6.21. The molecule has 1 saturated heterocycles. The summed E-state index contributed by atoms with van der Waals surface area (Å²) in [6.45, 7) is 6.42. The molecule has 0 aliphatic carbocycles. The maximum Gasteiger partial charge on any atom is 0.146 e. The van der Waals surface area contributed by atoms with Crippen molar-refractivity contribution in [1.82, 2.24) is 24.6 Å². The first-order valence-electron chi connectivity index (χ1n) is 7.93. The van der Waals surface area contributed by atoms with Gasteiger partial charge in [0.15, 0.2) is 0 Å². The molecular weight excluding hydrogens is 294 g/mol. The molecule has 0 unspecified atom stereocenters. The van der Waals surface area contributed by atoms with E-state index < -0.39 is 0 Å². The second-order valence-corrected chi connectivity index (χ2v) is 7.24. The smallest absolute Gasteiger partial charge is 0.146 e. The molecule has 2 aromatic heterocycles. The molecule has 0 spiro atoms. The van der Waals surface area contributed by atoms with Crippen LogP contribution in [0.4, 0.5) is 0 Å². The predicted molar refractivity (Wildman–Crippen MR) is 90.1 cm³/mol. The van der Waals surface area contributed by atoms with Crippen molar-refractivity contribution in [3.63, 3.8) is 0 Å². The van der Waals surface area contributed by atoms with Gasteiger partial charge in [-0.25, -0.2) is 0 Å². The molecule has 0 saturated carbocycles. The number of hydrogen-bond donors (Lipinski definition) is 0. The molecule has 0 N–H and O–H groups in total. The number of hydrogen-bond acceptors (Lipinski definition) is 5. The Hall–Kier alpha value is -1.24. The van der Waals surface area contributed by atoms with Crippen molar-refractivity contribution in [2.24, 2.45) is 7.05 Å². The third kappa shape index (κ3) is 3.56. The number of thiophene rings is 1. The van der Waals surface area contributed by atoms with Gasteiger partial charge in [-0.2, -0.15) is 0 Å². The van der Waals surface area contributed by atoms with E-state index in [1.165, 1.54) is 37.4 Å². The van der Waals surface area contributed by atoms with E-state index in [2.05, 4.69) is 49.1 Å². The summed E-state index contributed by atoms with van der Waals surface area (Å²) in [6, 6.07) is 5.00. The first kappa shape index (κ1) is 15.6. The zero-order chi connectivity index (χ0) is 15.5. The van der Waals surface area contributed by atoms with Crippen LogP contribution in [-0.2, 0) is 20.0 Å². The second kappa shape index (κ2) is 6.89. The maximum atomic E-state index is 4.27. The molecule has 1 aliphatic rings. The lowest BCUT2D eigenvalue weighted by Gasteiger charge is -2.24. The monoisotopic (exact) mass is 319 g/mol. The van der Waals surface area contributed by atoms with Gasteiger partial charge in [0.1, 0.15) is 11.6 Å². The molecule has 6 heteroatoms. The van der Waals surface area contributed by atoms with Crippen LogP contribution in [-0.4, -0.2) is 57.3 Å². The SMILES string of the molecule is Cc1nnc(CN(C)[C@@H]2CCN(CCc3cccs3)C2)n1C. The Morgan fingerprint density at radius 2 is 2.27 bits per heavy atom. The quantitative estimate of drug-likeness (QED) is 0.815. The van der Waals surface area contributed by atoms with Gasteiger partial charge in [-0.1, -0.05) is 6.07 Å². The molecule has 120 valence electrons. The highest BCUT2D eigenvalue weighted by Gasteiger charge is 2.26. The lowest BCUT2D eigenvalue weighted by molar-refractivity contribution is 0.219. The van der Waals surface area contributed by atoms with Crippen molar-refractivity contribution in [1.29, 1.82) is 0 Å². The standard InChI is InChI=1S/C16H25N5S/c1-13-17-18-16(20(13)3)12-19(2)14-6-8-21(11-14)9-7-15-5-4-10-22-15/h4-5,10,14H,6-9,11-12H2,1-3H3/t14-/m1/s1. The van der Waals surface area contributed by atoms with E-state index in [0.29, 0.717) is 6.04 Å². The Balaban J connectivity index is 1.48. The van der Waals surface area contributed by atoms with Crippen LogP contribution in [0.25, 0.3) is 0 Å². The number of likely N-dealkylation sites (N-methyl/N-ethyl adjacent to an activating group) is 1. The van der Waals surface area contributed by atoms with Crippen LogP contribution >= 0.6 is 11.3 Å². The lowest BCUT2D eigenvalue weighted by Crippen LogP contribution is -2.35. The number of rotatable bonds is 6. The zero-order valence-corrected chi connectivity index (χ0v) is 14.5. The highest BCUT2D eigenvalue weighted by molar-refractivity contribution is 7.09. The van der Waals surface area contributed by atoms with Crippen LogP contribution in [0.15, 0.2) is 17.5 Å². The molecule has 1 aliphatic heterocycles. The summed E-state index contributed by atoms with van der Waals surface area (Å²) in [5, 5.41) is 10.6. The molecule has 3 rings (SSSR count). The molecule has 5 nitrogen and oxygen atoms in total. The van der Waals surface area contributed by atoms with Gasteiger partial charge in [-0.05, 0) is 44.8 Å². The lowest BCUT2D eigenvalue weighted by atomic mass is 10.2. The van der Waals surface area contributed by atoms with Gasteiger partial charge in [0, 0.05) is 31.1 Å². The zero-order valence-electron chi connectivity index (χ0n) is 13.7. The summed E-state index contributed by atoms with van der Waals surface area (Å²) >= 11 is 1.86. The third-order valence-corrected chi connectivity index (χ3v) is 5.64. The molecule has 0 bridgehead atoms. The normalized spacial score (nSPS) is 19.4. The van der Waals surface area contributed by atoms with Crippen LogP contribution in [0.3, 0.4) is 0 Å². The van der Waals surface area contributed by atoms with Gasteiger partial charge in [0.2, 0.25) is 0 Å². The number of aryl methyl sites for hydroxylation is 1. The highest BCUT2D eigenvalue weighted by atomic mass is 32.1. The van der Waals surface area contributed by atoms with Crippen LogP contribution in [0.2, 0.25) is 0 Å². The van der Waals surface area contributed by atoms with Crippen LogP contribution in [0.1, 0.15) is 22.9 Å². The third-order valence-electron chi connectivity index (χ3n) is 4.70. The summed E-state index contributed by atoms with van der Waals surface area (Å²) < 4.78 is 2.08. The molecule has 2 aromatic rings. The average molecular weight is 319 g/mol. The van der Waals surface area contributed by atoms with Crippen molar-refractivity contribution >= 4 is 11.3 Å². The van der Waals surface area contributed by atoms with Gasteiger partial charge < -0.3 is 9.47 Å². The fourth-order valence-electron chi connectivity index (χ4n) is 3.04. The molecular formula is C16H25N5S. The minimum absolute atomic E-state index is 0.625. The summed E-state index contributed by atoms with van der Waals surface area (Å²) in [4.78, 5) is 6.50. The number of nitrogens with zero attached hydrogens (tertiary/aromatic N) is 5. The Bertz CT molecular complexity index is 592. The maximum absolute atomic E-state index is 4.27. The number of aromatic nitrogens is 3. The van der Waals surface area contributed by atoms with Crippen molar-refractivity contribution in [2.45, 2.75) is 32.4 Å². The van der Waals surface area contributed by atoms with Gasteiger partial charge in [0.05, 0.1) is 6.54 Å². The van der Waals surface area contributed by atoms with E-state index in [-0.39, 0.29) is 0 Å². The Kier molecular flexibility index (Phi) is 4.90. The van der Waals surface area contributed by atoms with E-state index in [9.17, 15) is 0 Å². The molecule has 0 aromatic carbocycles. The highest BCUT2D eigenvalue weighted by Crippen LogP contribution is 2.18. The van der Waals surface area contributed by atoms with Crippen molar-refractivity contribution in [3.8, 4) is 0 Å². The molecule has 3 heterocycles. The average Bonchev–Trinajstić information content (AvgIpc) is 3.23. The van der Waals surface area contributed by atoms with Gasteiger partial charge in [-0.15, -0.1) is 21.5 Å².